The molecule has 2 amide bonds. The van der Waals surface area contributed by atoms with Crippen molar-refractivity contribution < 1.29 is 9.59 Å². The van der Waals surface area contributed by atoms with Crippen LogP contribution < -0.4 is 10.6 Å². The molecule has 0 aliphatic heterocycles. The molecule has 2 aromatic rings. The summed E-state index contributed by atoms with van der Waals surface area (Å²) >= 11 is 0. The molecule has 0 radical (unpaired) electrons. The summed E-state index contributed by atoms with van der Waals surface area (Å²) in [7, 11) is 0. The van der Waals surface area contributed by atoms with Crippen LogP contribution in [0.4, 0.5) is 5.69 Å². The Morgan fingerprint density at radius 2 is 1.73 bits per heavy atom. The number of nitrogens with one attached hydrogen (secondary N) is 2. The molecule has 2 N–H and O–H groups in total. The lowest BCUT2D eigenvalue weighted by Gasteiger charge is -2.15. The molecule has 0 saturated heterocycles. The molecule has 4 heteroatoms. The molecule has 0 spiro atoms. The molecule has 1 unspecified atom stereocenters. The van der Waals surface area contributed by atoms with Crippen LogP contribution in [0.3, 0.4) is 0 Å². The number of aryl methyl sites for hydroxylation is 2. The van der Waals surface area contributed by atoms with E-state index in [0.717, 1.165) is 22.4 Å². The van der Waals surface area contributed by atoms with E-state index in [1.54, 1.807) is 6.07 Å². The van der Waals surface area contributed by atoms with Gasteiger partial charge in [0.25, 0.3) is 5.91 Å². The fourth-order valence-electron chi connectivity index (χ4n) is 2.51. The molecule has 1 atom stereocenters. The summed E-state index contributed by atoms with van der Waals surface area (Å²) in [5.74, 6) is -0.533. The third kappa shape index (κ3) is 5.59. The largest absolute Gasteiger partial charge is 0.352 e. The van der Waals surface area contributed by atoms with Crippen LogP contribution in [0.5, 0.6) is 0 Å². The molecular weight excluding hydrogens is 324 g/mol. The number of hydrogen-bond donors (Lipinski definition) is 2. The lowest BCUT2D eigenvalue weighted by Crippen LogP contribution is -2.27. The van der Waals surface area contributed by atoms with Gasteiger partial charge >= 0.3 is 0 Å². The topological polar surface area (TPSA) is 58.2 Å². The van der Waals surface area contributed by atoms with E-state index in [0.29, 0.717) is 18.5 Å². The van der Waals surface area contributed by atoms with Gasteiger partial charge in [0.2, 0.25) is 5.91 Å². The number of benzene rings is 2. The Kier molecular flexibility index (Phi) is 6.73. The van der Waals surface area contributed by atoms with Crippen LogP contribution in [-0.2, 0) is 4.79 Å². The van der Waals surface area contributed by atoms with Crippen LogP contribution in [0, 0.1) is 19.8 Å². The second kappa shape index (κ2) is 8.99. The quantitative estimate of drug-likeness (QED) is 0.733. The van der Waals surface area contributed by atoms with Gasteiger partial charge in [-0.2, -0.15) is 0 Å². The van der Waals surface area contributed by atoms with Gasteiger partial charge in [0, 0.05) is 17.8 Å². The van der Waals surface area contributed by atoms with Crippen molar-refractivity contribution in [3.05, 3.63) is 77.4 Å². The Labute approximate surface area is 155 Å². The summed E-state index contributed by atoms with van der Waals surface area (Å²) in [4.78, 5) is 24.5. The summed E-state index contributed by atoms with van der Waals surface area (Å²) in [5, 5.41) is 5.77. The lowest BCUT2D eigenvalue weighted by atomic mass is 9.98. The zero-order valence-corrected chi connectivity index (χ0v) is 15.6. The first-order valence-corrected chi connectivity index (χ1v) is 8.77. The van der Waals surface area contributed by atoms with Gasteiger partial charge in [0.05, 0.1) is 5.92 Å². The van der Waals surface area contributed by atoms with Gasteiger partial charge in [-0.15, -0.1) is 0 Å². The van der Waals surface area contributed by atoms with Gasteiger partial charge in [-0.25, -0.2) is 0 Å². The fourth-order valence-corrected chi connectivity index (χ4v) is 2.51. The minimum absolute atomic E-state index is 0.0936. The van der Waals surface area contributed by atoms with Crippen LogP contribution in [-0.4, -0.2) is 18.4 Å². The minimum atomic E-state index is -0.327. The SMILES string of the molecule is C=C(CCNC(=O)c1cccc(C)c1)C(C)C(=O)Nc1ccc(C)cc1. The number of anilines is 1. The van der Waals surface area contributed by atoms with E-state index >= 15 is 0 Å². The second-order valence-corrected chi connectivity index (χ2v) is 6.61. The minimum Gasteiger partial charge on any atom is -0.352 e. The Balaban J connectivity index is 1.80. The van der Waals surface area contributed by atoms with Gasteiger partial charge in [-0.05, 0) is 51.5 Å². The van der Waals surface area contributed by atoms with Crippen molar-refractivity contribution in [2.45, 2.75) is 27.2 Å². The molecule has 0 fully saturated rings. The van der Waals surface area contributed by atoms with Crippen molar-refractivity contribution in [1.29, 1.82) is 0 Å². The highest BCUT2D eigenvalue weighted by Gasteiger charge is 2.16. The van der Waals surface area contributed by atoms with Crippen molar-refractivity contribution in [3.63, 3.8) is 0 Å². The maximum absolute atomic E-state index is 12.3. The third-order valence-electron chi connectivity index (χ3n) is 4.34. The zero-order valence-electron chi connectivity index (χ0n) is 15.6. The Bertz CT molecular complexity index is 794. The van der Waals surface area contributed by atoms with Crippen molar-refractivity contribution in [2.75, 3.05) is 11.9 Å². The van der Waals surface area contributed by atoms with E-state index in [4.69, 9.17) is 0 Å². The molecule has 0 aliphatic rings. The summed E-state index contributed by atoms with van der Waals surface area (Å²) < 4.78 is 0. The molecule has 26 heavy (non-hydrogen) atoms. The normalized spacial score (nSPS) is 11.5. The highest BCUT2D eigenvalue weighted by Crippen LogP contribution is 2.16. The summed E-state index contributed by atoms with van der Waals surface area (Å²) in [6.45, 7) is 10.2. The molecule has 0 bridgehead atoms. The molecule has 0 saturated carbocycles. The average Bonchev–Trinajstić information content (AvgIpc) is 2.62. The Morgan fingerprint density at radius 3 is 2.38 bits per heavy atom. The summed E-state index contributed by atoms with van der Waals surface area (Å²) in [5.41, 5.74) is 4.39. The van der Waals surface area contributed by atoms with Crippen molar-refractivity contribution in [1.82, 2.24) is 5.32 Å². The van der Waals surface area contributed by atoms with Crippen LogP contribution in [0.2, 0.25) is 0 Å². The fraction of sp³-hybridized carbons (Fsp3) is 0.273. The van der Waals surface area contributed by atoms with Crippen molar-refractivity contribution in [3.8, 4) is 0 Å². The molecule has 0 aromatic heterocycles. The lowest BCUT2D eigenvalue weighted by molar-refractivity contribution is -0.118. The summed E-state index contributed by atoms with van der Waals surface area (Å²) in [6, 6.07) is 15.1. The molecule has 2 aromatic carbocycles. The molecular formula is C22H26N2O2. The first kappa shape index (κ1) is 19.4. The maximum atomic E-state index is 12.3. The van der Waals surface area contributed by atoms with Gasteiger partial charge < -0.3 is 10.6 Å². The smallest absolute Gasteiger partial charge is 0.251 e. The summed E-state index contributed by atoms with van der Waals surface area (Å²) in [6.07, 6.45) is 0.556. The van der Waals surface area contributed by atoms with Gasteiger partial charge in [0.15, 0.2) is 0 Å². The van der Waals surface area contributed by atoms with Gasteiger partial charge in [-0.1, -0.05) is 47.5 Å². The number of carbonyl (C=O) groups is 2. The predicted molar refractivity (Wildman–Crippen MR) is 106 cm³/mol. The van der Waals surface area contributed by atoms with E-state index in [1.165, 1.54) is 0 Å². The highest BCUT2D eigenvalue weighted by molar-refractivity contribution is 5.95. The van der Waals surface area contributed by atoms with Gasteiger partial charge in [-0.3, -0.25) is 9.59 Å². The van der Waals surface area contributed by atoms with Crippen molar-refractivity contribution >= 4 is 17.5 Å². The highest BCUT2D eigenvalue weighted by atomic mass is 16.2. The third-order valence-corrected chi connectivity index (χ3v) is 4.34. The molecule has 0 aliphatic carbocycles. The molecule has 4 nitrogen and oxygen atoms in total. The van der Waals surface area contributed by atoms with E-state index in [9.17, 15) is 9.59 Å². The van der Waals surface area contributed by atoms with Crippen LogP contribution >= 0.6 is 0 Å². The second-order valence-electron chi connectivity index (χ2n) is 6.61. The Hall–Kier alpha value is -2.88. The van der Waals surface area contributed by atoms with E-state index < -0.39 is 0 Å². The van der Waals surface area contributed by atoms with Crippen LogP contribution in [0.25, 0.3) is 0 Å². The first-order valence-electron chi connectivity index (χ1n) is 8.77. The molecule has 136 valence electrons. The van der Waals surface area contributed by atoms with Gasteiger partial charge in [0.1, 0.15) is 0 Å². The molecule has 0 heterocycles. The number of amides is 2. The van der Waals surface area contributed by atoms with Crippen LogP contribution in [0.15, 0.2) is 60.7 Å². The predicted octanol–water partition coefficient (Wildman–Crippen LogP) is 4.25. The number of rotatable bonds is 7. The van der Waals surface area contributed by atoms with Crippen LogP contribution in [0.1, 0.15) is 34.8 Å². The maximum Gasteiger partial charge on any atom is 0.251 e. The average molecular weight is 350 g/mol. The van der Waals surface area contributed by atoms with E-state index in [1.807, 2.05) is 63.2 Å². The standard InChI is InChI=1S/C22H26N2O2/c1-15-8-10-20(11-9-15)24-21(25)18(4)17(3)12-13-23-22(26)19-7-5-6-16(2)14-19/h5-11,14,18H,3,12-13H2,1-2,4H3,(H,23,26)(H,24,25). The zero-order chi connectivity index (χ0) is 19.1. The first-order chi connectivity index (χ1) is 12.4. The monoisotopic (exact) mass is 350 g/mol. The number of carbonyl (C=O) groups excluding carboxylic acids is 2. The number of hydrogen-bond acceptors (Lipinski definition) is 2. The van der Waals surface area contributed by atoms with E-state index in [-0.39, 0.29) is 17.7 Å². The molecule has 2 rings (SSSR count). The van der Waals surface area contributed by atoms with Crippen molar-refractivity contribution in [2.24, 2.45) is 5.92 Å². The Morgan fingerprint density at radius 1 is 1.04 bits per heavy atom. The van der Waals surface area contributed by atoms with E-state index in [2.05, 4.69) is 17.2 Å².